The Labute approximate surface area is 139 Å². The highest BCUT2D eigenvalue weighted by Gasteiger charge is 2.42. The van der Waals surface area contributed by atoms with Crippen LogP contribution in [-0.4, -0.2) is 65.8 Å². The highest BCUT2D eigenvalue weighted by atomic mass is 16.6. The number of nitrogens with zero attached hydrogens (tertiary/aromatic N) is 2. The van der Waals surface area contributed by atoms with E-state index in [2.05, 4.69) is 0 Å². The molecule has 8 heteroatoms. The summed E-state index contributed by atoms with van der Waals surface area (Å²) in [6.07, 6.45) is -1.96. The van der Waals surface area contributed by atoms with Gasteiger partial charge in [0.1, 0.15) is 18.8 Å². The number of benzene rings is 1. The lowest BCUT2D eigenvalue weighted by molar-refractivity contribution is -0.141. The minimum absolute atomic E-state index is 0.00975. The third kappa shape index (κ3) is 4.37. The fraction of sp³-hybridized carbons (Fsp3) is 0.438. The van der Waals surface area contributed by atoms with Gasteiger partial charge in [0.05, 0.1) is 6.54 Å². The molecule has 1 aliphatic rings. The van der Waals surface area contributed by atoms with Crippen molar-refractivity contribution in [2.75, 3.05) is 20.6 Å². The van der Waals surface area contributed by atoms with E-state index in [1.807, 2.05) is 18.2 Å². The molecular formula is C16H20N2O6. The number of carbonyl (C=O) groups is 3. The molecule has 2 amide bonds. The van der Waals surface area contributed by atoms with Crippen LogP contribution in [0.25, 0.3) is 0 Å². The summed E-state index contributed by atoms with van der Waals surface area (Å²) in [5.74, 6) is -1.16. The number of likely N-dealkylation sites (tertiary alicyclic amines) is 1. The molecule has 1 fully saturated rings. The Hall–Kier alpha value is -2.77. The second kappa shape index (κ2) is 7.67. The fourth-order valence-electron chi connectivity index (χ4n) is 2.37. The molecule has 8 nitrogen and oxygen atoms in total. The fourth-order valence-corrected chi connectivity index (χ4v) is 2.37. The van der Waals surface area contributed by atoms with Gasteiger partial charge in [0.25, 0.3) is 0 Å². The van der Waals surface area contributed by atoms with Gasteiger partial charge < -0.3 is 19.5 Å². The van der Waals surface area contributed by atoms with Gasteiger partial charge in [0.15, 0.2) is 0 Å². The van der Waals surface area contributed by atoms with E-state index >= 15 is 0 Å². The van der Waals surface area contributed by atoms with Crippen molar-refractivity contribution in [1.29, 1.82) is 0 Å². The van der Waals surface area contributed by atoms with Gasteiger partial charge in [-0.05, 0) is 5.56 Å². The Morgan fingerprint density at radius 3 is 2.50 bits per heavy atom. The Morgan fingerprint density at radius 2 is 1.92 bits per heavy atom. The summed E-state index contributed by atoms with van der Waals surface area (Å²) < 4.78 is 10.3. The van der Waals surface area contributed by atoms with Crippen LogP contribution in [0.2, 0.25) is 0 Å². The van der Waals surface area contributed by atoms with Gasteiger partial charge in [-0.2, -0.15) is 0 Å². The monoisotopic (exact) mass is 336 g/mol. The standard InChI is InChI=1S/C16H20N2O6/c1-17(2)15(21)24-12-8-13(14(19)20)18(9-12)16(22)23-10-11-6-4-3-5-7-11/h3-7,12-13H,8-10H2,1-2H3,(H,19,20)/t12-,13+/m1/s1. The van der Waals surface area contributed by atoms with E-state index in [1.165, 1.54) is 19.0 Å². The number of hydrogen-bond donors (Lipinski definition) is 1. The minimum Gasteiger partial charge on any atom is -0.480 e. The molecule has 24 heavy (non-hydrogen) atoms. The molecule has 1 aromatic carbocycles. The number of hydrogen-bond acceptors (Lipinski definition) is 5. The number of amides is 2. The number of carbonyl (C=O) groups excluding carboxylic acids is 2. The molecule has 1 saturated heterocycles. The van der Waals surface area contributed by atoms with Gasteiger partial charge in [0.2, 0.25) is 0 Å². The zero-order valence-electron chi connectivity index (χ0n) is 13.5. The number of carboxylic acid groups (broad SMARTS) is 1. The summed E-state index contributed by atoms with van der Waals surface area (Å²) in [6.45, 7) is 0.0365. The van der Waals surface area contributed by atoms with Crippen LogP contribution in [0.1, 0.15) is 12.0 Å². The molecule has 0 saturated carbocycles. The molecule has 1 aromatic rings. The lowest BCUT2D eigenvalue weighted by atomic mass is 10.2. The summed E-state index contributed by atoms with van der Waals surface area (Å²) in [7, 11) is 3.05. The molecule has 0 radical (unpaired) electrons. The lowest BCUT2D eigenvalue weighted by Gasteiger charge is -2.20. The van der Waals surface area contributed by atoms with E-state index in [-0.39, 0.29) is 19.6 Å². The molecule has 0 aromatic heterocycles. The molecule has 2 atom stereocenters. The third-order valence-corrected chi connectivity index (χ3v) is 3.62. The van der Waals surface area contributed by atoms with Gasteiger partial charge in [-0.1, -0.05) is 30.3 Å². The predicted octanol–water partition coefficient (Wildman–Crippen LogP) is 1.55. The molecule has 0 bridgehead atoms. The number of aliphatic carboxylic acids is 1. The van der Waals surface area contributed by atoms with Crippen LogP contribution in [0.5, 0.6) is 0 Å². The molecule has 130 valence electrons. The SMILES string of the molecule is CN(C)C(=O)O[C@@H]1C[C@@H](C(=O)O)N(C(=O)OCc2ccccc2)C1. The average Bonchev–Trinajstić information content (AvgIpc) is 2.97. The summed E-state index contributed by atoms with van der Waals surface area (Å²) in [5.41, 5.74) is 0.799. The van der Waals surface area contributed by atoms with Crippen LogP contribution in [-0.2, 0) is 20.9 Å². The lowest BCUT2D eigenvalue weighted by Crippen LogP contribution is -2.41. The van der Waals surface area contributed by atoms with Crippen molar-refractivity contribution in [3.8, 4) is 0 Å². The van der Waals surface area contributed by atoms with Crippen LogP contribution in [0.15, 0.2) is 30.3 Å². The van der Waals surface area contributed by atoms with Crippen LogP contribution in [0, 0.1) is 0 Å². The van der Waals surface area contributed by atoms with Gasteiger partial charge in [-0.15, -0.1) is 0 Å². The van der Waals surface area contributed by atoms with Gasteiger partial charge in [-0.25, -0.2) is 14.4 Å². The normalized spacial score (nSPS) is 19.7. The van der Waals surface area contributed by atoms with Crippen molar-refractivity contribution in [1.82, 2.24) is 9.80 Å². The van der Waals surface area contributed by atoms with E-state index in [0.717, 1.165) is 10.5 Å². The first-order chi connectivity index (χ1) is 11.4. The van der Waals surface area contributed by atoms with Crippen molar-refractivity contribution in [2.24, 2.45) is 0 Å². The highest BCUT2D eigenvalue weighted by molar-refractivity contribution is 5.81. The highest BCUT2D eigenvalue weighted by Crippen LogP contribution is 2.22. The summed E-state index contributed by atoms with van der Waals surface area (Å²) in [4.78, 5) is 37.5. The molecule has 2 rings (SSSR count). The minimum atomic E-state index is -1.16. The average molecular weight is 336 g/mol. The first-order valence-electron chi connectivity index (χ1n) is 7.46. The molecule has 1 aliphatic heterocycles. The Bertz CT molecular complexity index is 604. The topological polar surface area (TPSA) is 96.4 Å². The molecule has 0 unspecified atom stereocenters. The van der Waals surface area contributed by atoms with Crippen molar-refractivity contribution >= 4 is 18.2 Å². The summed E-state index contributed by atoms with van der Waals surface area (Å²) in [5, 5.41) is 9.28. The first kappa shape index (κ1) is 17.6. The van der Waals surface area contributed by atoms with Crippen LogP contribution >= 0.6 is 0 Å². The molecular weight excluding hydrogens is 316 g/mol. The molecule has 0 spiro atoms. The smallest absolute Gasteiger partial charge is 0.410 e. The first-order valence-corrected chi connectivity index (χ1v) is 7.46. The molecule has 1 heterocycles. The van der Waals surface area contributed by atoms with E-state index < -0.39 is 30.3 Å². The number of ether oxygens (including phenoxy) is 2. The van der Waals surface area contributed by atoms with Gasteiger partial charge >= 0.3 is 18.2 Å². The molecule has 0 aliphatic carbocycles. The second-order valence-electron chi connectivity index (χ2n) is 5.68. The Balaban J connectivity index is 1.97. The maximum Gasteiger partial charge on any atom is 0.410 e. The van der Waals surface area contributed by atoms with Crippen molar-refractivity contribution < 1.29 is 29.0 Å². The maximum absolute atomic E-state index is 12.2. The van der Waals surface area contributed by atoms with Crippen LogP contribution in [0.4, 0.5) is 9.59 Å². The predicted molar refractivity (Wildman–Crippen MR) is 83.3 cm³/mol. The van der Waals surface area contributed by atoms with Gasteiger partial charge in [-0.3, -0.25) is 4.90 Å². The molecule has 1 N–H and O–H groups in total. The van der Waals surface area contributed by atoms with Crippen LogP contribution < -0.4 is 0 Å². The zero-order chi connectivity index (χ0) is 17.7. The third-order valence-electron chi connectivity index (χ3n) is 3.62. The van der Waals surface area contributed by atoms with E-state index in [4.69, 9.17) is 9.47 Å². The van der Waals surface area contributed by atoms with E-state index in [1.54, 1.807) is 12.1 Å². The van der Waals surface area contributed by atoms with Crippen molar-refractivity contribution in [3.63, 3.8) is 0 Å². The summed E-state index contributed by atoms with van der Waals surface area (Å²) in [6, 6.07) is 8.00. The van der Waals surface area contributed by atoms with Crippen molar-refractivity contribution in [2.45, 2.75) is 25.2 Å². The summed E-state index contributed by atoms with van der Waals surface area (Å²) >= 11 is 0. The van der Waals surface area contributed by atoms with E-state index in [0.29, 0.717) is 0 Å². The maximum atomic E-state index is 12.2. The number of rotatable bonds is 4. The van der Waals surface area contributed by atoms with Crippen molar-refractivity contribution in [3.05, 3.63) is 35.9 Å². The largest absolute Gasteiger partial charge is 0.480 e. The Morgan fingerprint density at radius 1 is 1.25 bits per heavy atom. The number of carboxylic acids is 1. The van der Waals surface area contributed by atoms with E-state index in [9.17, 15) is 19.5 Å². The quantitative estimate of drug-likeness (QED) is 0.896. The van der Waals surface area contributed by atoms with Crippen LogP contribution in [0.3, 0.4) is 0 Å². The second-order valence-corrected chi connectivity index (χ2v) is 5.68. The van der Waals surface area contributed by atoms with Gasteiger partial charge in [0, 0.05) is 20.5 Å². The Kier molecular flexibility index (Phi) is 5.62. The zero-order valence-corrected chi connectivity index (χ0v) is 13.5.